The lowest BCUT2D eigenvalue weighted by Crippen LogP contribution is -2.22. The Hall–Kier alpha value is -2.72. The maximum absolute atomic E-state index is 13.0. The molecule has 1 aliphatic heterocycles. The smallest absolute Gasteiger partial charge is 0.436 e. The van der Waals surface area contributed by atoms with Gasteiger partial charge in [-0.1, -0.05) is 12.7 Å². The maximum atomic E-state index is 13.0. The largest absolute Gasteiger partial charge is 0.477 e. The van der Waals surface area contributed by atoms with Crippen molar-refractivity contribution in [2.45, 2.75) is 25.8 Å². The van der Waals surface area contributed by atoms with Crippen LogP contribution in [0, 0.1) is 0 Å². The summed E-state index contributed by atoms with van der Waals surface area (Å²) in [5.74, 6) is -2.21. The minimum absolute atomic E-state index is 0.0289. The molecule has 1 aromatic heterocycles. The zero-order valence-electron chi connectivity index (χ0n) is 13.3. The number of rotatable bonds is 4. The summed E-state index contributed by atoms with van der Waals surface area (Å²) < 4.78 is 78.0. The molecule has 0 saturated heterocycles. The molecule has 1 aliphatic rings. The maximum Gasteiger partial charge on any atom is 0.436 e. The fourth-order valence-electron chi connectivity index (χ4n) is 2.49. The normalized spacial score (nSPS) is 15.7. The molecule has 0 spiro atoms. The molecule has 0 radical (unpaired) electrons. The molecule has 0 bridgehead atoms. The Labute approximate surface area is 143 Å². The Morgan fingerprint density at radius 1 is 1.19 bits per heavy atom. The van der Waals surface area contributed by atoms with Crippen molar-refractivity contribution in [1.29, 1.82) is 0 Å². The van der Waals surface area contributed by atoms with Gasteiger partial charge in [-0.25, -0.2) is 9.48 Å². The van der Waals surface area contributed by atoms with Gasteiger partial charge in [0.2, 0.25) is 0 Å². The molecule has 11 heteroatoms. The molecule has 0 fully saturated rings. The summed E-state index contributed by atoms with van der Waals surface area (Å²) in [6.07, 6.45) is -7.09. The summed E-state index contributed by atoms with van der Waals surface area (Å²) in [5.41, 5.74) is -3.69. The van der Waals surface area contributed by atoms with E-state index >= 15 is 0 Å². The molecule has 1 N–H and O–H groups in total. The fourth-order valence-corrected chi connectivity index (χ4v) is 2.49. The van der Waals surface area contributed by atoms with E-state index in [1.54, 1.807) is 0 Å². The van der Waals surface area contributed by atoms with Crippen LogP contribution in [-0.2, 0) is 12.7 Å². The zero-order valence-corrected chi connectivity index (χ0v) is 13.3. The highest BCUT2D eigenvalue weighted by Gasteiger charge is 2.44. The molecule has 142 valence electrons. The lowest BCUT2D eigenvalue weighted by molar-refractivity contribution is -0.142. The first-order chi connectivity index (χ1) is 11.9. The van der Waals surface area contributed by atoms with Crippen molar-refractivity contribution in [2.24, 2.45) is 0 Å². The number of hydrogen-bond acceptors (Lipinski definition) is 3. The quantitative estimate of drug-likeness (QED) is 0.633. The number of hydrogen-bond donors (Lipinski definition) is 1. The number of aromatic carboxylic acids is 1. The van der Waals surface area contributed by atoms with Crippen molar-refractivity contribution in [1.82, 2.24) is 9.78 Å². The van der Waals surface area contributed by atoms with Gasteiger partial charge in [-0.3, -0.25) is 0 Å². The molecule has 1 aromatic rings. The van der Waals surface area contributed by atoms with E-state index < -0.39 is 35.2 Å². The summed E-state index contributed by atoms with van der Waals surface area (Å²) in [6.45, 7) is 4.67. The van der Waals surface area contributed by atoms with Gasteiger partial charge in [0.25, 0.3) is 0 Å². The number of carboxylic acids is 1. The van der Waals surface area contributed by atoms with E-state index in [0.717, 1.165) is 21.7 Å². The van der Waals surface area contributed by atoms with Crippen LogP contribution in [0.5, 0.6) is 0 Å². The van der Waals surface area contributed by atoms with Gasteiger partial charge < -0.3 is 10.0 Å². The first-order valence-electron chi connectivity index (χ1n) is 7.17. The molecule has 2 rings (SSSR count). The highest BCUT2D eigenvalue weighted by Crippen LogP contribution is 2.39. The zero-order chi connectivity index (χ0) is 19.9. The molecule has 0 aromatic carbocycles. The monoisotopic (exact) mass is 381 g/mol. The number of anilines is 1. The molecule has 0 aliphatic carbocycles. The van der Waals surface area contributed by atoms with Gasteiger partial charge in [0.15, 0.2) is 5.69 Å². The second-order valence-electron chi connectivity index (χ2n) is 5.29. The Morgan fingerprint density at radius 3 is 2.27 bits per heavy atom. The third kappa shape index (κ3) is 3.60. The molecule has 0 unspecified atom stereocenters. The standard InChI is InChI=1S/C15H13F6N3O2/c1-3-9(14(16,17)18)5-4-8(2)23-6-7-24-12(23)10(13(25)26)11(22-24)15(19,20)21/h3-5H,2,6-7H2,1H3,(H,25,26)/b5-4-,9-3+. The van der Waals surface area contributed by atoms with Crippen LogP contribution in [0.2, 0.25) is 0 Å². The number of allylic oxidation sites excluding steroid dienone is 4. The van der Waals surface area contributed by atoms with Crippen LogP contribution in [0.15, 0.2) is 36.1 Å². The second kappa shape index (κ2) is 6.54. The minimum Gasteiger partial charge on any atom is -0.477 e. The highest BCUT2D eigenvalue weighted by molar-refractivity contribution is 5.96. The van der Waals surface area contributed by atoms with Crippen molar-refractivity contribution < 1.29 is 36.2 Å². The molecule has 0 amide bonds. The predicted molar refractivity (Wildman–Crippen MR) is 79.6 cm³/mol. The van der Waals surface area contributed by atoms with Crippen LogP contribution < -0.4 is 4.90 Å². The van der Waals surface area contributed by atoms with Gasteiger partial charge in [-0.2, -0.15) is 31.4 Å². The van der Waals surface area contributed by atoms with E-state index in [9.17, 15) is 31.1 Å². The average Bonchev–Trinajstić information content (AvgIpc) is 3.03. The van der Waals surface area contributed by atoms with Crippen molar-refractivity contribution in [3.63, 3.8) is 0 Å². The summed E-state index contributed by atoms with van der Waals surface area (Å²) >= 11 is 0. The number of alkyl halides is 6. The number of nitrogens with zero attached hydrogens (tertiary/aromatic N) is 3. The predicted octanol–water partition coefficient (Wildman–Crippen LogP) is 4.00. The van der Waals surface area contributed by atoms with Crippen molar-refractivity contribution in [2.75, 3.05) is 11.4 Å². The third-order valence-electron chi connectivity index (χ3n) is 3.64. The Bertz CT molecular complexity index is 802. The highest BCUT2D eigenvalue weighted by atomic mass is 19.4. The van der Waals surface area contributed by atoms with Crippen LogP contribution in [0.4, 0.5) is 32.2 Å². The van der Waals surface area contributed by atoms with Gasteiger partial charge in [0, 0.05) is 12.2 Å². The summed E-state index contributed by atoms with van der Waals surface area (Å²) in [6, 6.07) is 0. The van der Waals surface area contributed by atoms with E-state index in [1.807, 2.05) is 0 Å². The van der Waals surface area contributed by atoms with Gasteiger partial charge in [-0.05, 0) is 19.1 Å². The Kier molecular flexibility index (Phi) is 4.93. The van der Waals surface area contributed by atoms with Crippen LogP contribution >= 0.6 is 0 Å². The minimum atomic E-state index is -4.98. The topological polar surface area (TPSA) is 58.4 Å². The first kappa shape index (κ1) is 19.6. The van der Waals surface area contributed by atoms with E-state index in [-0.39, 0.29) is 24.6 Å². The van der Waals surface area contributed by atoms with Crippen molar-refractivity contribution in [3.05, 3.63) is 47.3 Å². The first-order valence-corrected chi connectivity index (χ1v) is 7.17. The van der Waals surface area contributed by atoms with Crippen LogP contribution in [-0.4, -0.2) is 33.6 Å². The van der Waals surface area contributed by atoms with Crippen LogP contribution in [0.1, 0.15) is 23.0 Å². The molecular weight excluding hydrogens is 368 g/mol. The van der Waals surface area contributed by atoms with E-state index in [2.05, 4.69) is 11.7 Å². The lowest BCUT2D eigenvalue weighted by atomic mass is 10.2. The molecule has 26 heavy (non-hydrogen) atoms. The van der Waals surface area contributed by atoms with E-state index in [4.69, 9.17) is 5.11 Å². The Balaban J connectivity index is 2.42. The molecule has 0 atom stereocenters. The summed E-state index contributed by atoms with van der Waals surface area (Å²) in [4.78, 5) is 12.4. The molecular formula is C15H13F6N3O2. The average molecular weight is 381 g/mol. The van der Waals surface area contributed by atoms with Crippen LogP contribution in [0.25, 0.3) is 0 Å². The number of halogens is 6. The van der Waals surface area contributed by atoms with Gasteiger partial charge in [-0.15, -0.1) is 0 Å². The number of carboxylic acid groups (broad SMARTS) is 1. The number of carbonyl (C=O) groups is 1. The van der Waals surface area contributed by atoms with Crippen LogP contribution in [0.3, 0.4) is 0 Å². The van der Waals surface area contributed by atoms with Crippen molar-refractivity contribution in [3.8, 4) is 0 Å². The molecule has 2 heterocycles. The third-order valence-corrected chi connectivity index (χ3v) is 3.64. The van der Waals surface area contributed by atoms with Gasteiger partial charge in [0.05, 0.1) is 12.1 Å². The molecule has 5 nitrogen and oxygen atoms in total. The van der Waals surface area contributed by atoms with Crippen molar-refractivity contribution >= 4 is 11.8 Å². The Morgan fingerprint density at radius 2 is 1.81 bits per heavy atom. The summed E-state index contributed by atoms with van der Waals surface area (Å²) in [5, 5.41) is 12.4. The number of fused-ring (bicyclic) bond motifs is 1. The van der Waals surface area contributed by atoms with E-state index in [0.29, 0.717) is 6.08 Å². The molecule has 0 saturated carbocycles. The van der Waals surface area contributed by atoms with Gasteiger partial charge in [0.1, 0.15) is 11.4 Å². The lowest BCUT2D eigenvalue weighted by Gasteiger charge is -2.19. The van der Waals surface area contributed by atoms with E-state index in [1.165, 1.54) is 6.92 Å². The number of aromatic nitrogens is 2. The fraction of sp³-hybridized carbons (Fsp3) is 0.333. The SMILES string of the molecule is C=C(/C=C\C(=C/C)C(F)(F)F)N1CCn2nc(C(F)(F)F)c(C(=O)O)c21. The van der Waals surface area contributed by atoms with Gasteiger partial charge >= 0.3 is 18.3 Å². The second-order valence-corrected chi connectivity index (χ2v) is 5.29. The summed E-state index contributed by atoms with van der Waals surface area (Å²) in [7, 11) is 0.